The molecule has 0 amide bonds. The van der Waals surface area contributed by atoms with Gasteiger partial charge in [0.25, 0.3) is 0 Å². The average molecular weight is 239 g/mol. The molecular weight excluding hydrogens is 222 g/mol. The highest BCUT2D eigenvalue weighted by Crippen LogP contribution is 2.33. The standard InChI is InChI=1S/C15H17N3/c1-2-16-14-8-5-9-15(17-14)18-11-10-12-6-3-4-7-13(12)18/h3-9H,2,10-11H2,1H3,(H,16,17). The van der Waals surface area contributed by atoms with Crippen LogP contribution in [0.25, 0.3) is 0 Å². The molecule has 18 heavy (non-hydrogen) atoms. The van der Waals surface area contributed by atoms with Crippen LogP contribution in [-0.4, -0.2) is 18.1 Å². The number of aromatic nitrogens is 1. The topological polar surface area (TPSA) is 28.2 Å². The summed E-state index contributed by atoms with van der Waals surface area (Å²) in [5.74, 6) is 1.97. The molecule has 0 fully saturated rings. The SMILES string of the molecule is CCNc1cccc(N2CCc3ccccc32)n1. The first kappa shape index (κ1) is 11.1. The molecule has 0 bridgehead atoms. The molecule has 1 aliphatic heterocycles. The van der Waals surface area contributed by atoms with E-state index in [2.05, 4.69) is 58.5 Å². The predicted molar refractivity (Wildman–Crippen MR) is 75.6 cm³/mol. The van der Waals surface area contributed by atoms with Crippen molar-refractivity contribution < 1.29 is 0 Å². The zero-order chi connectivity index (χ0) is 12.4. The third kappa shape index (κ3) is 1.92. The fourth-order valence-electron chi connectivity index (χ4n) is 2.43. The Morgan fingerprint density at radius 3 is 2.94 bits per heavy atom. The molecule has 1 N–H and O–H groups in total. The summed E-state index contributed by atoms with van der Waals surface area (Å²) in [6.45, 7) is 3.99. The van der Waals surface area contributed by atoms with Crippen LogP contribution in [0.2, 0.25) is 0 Å². The zero-order valence-corrected chi connectivity index (χ0v) is 10.6. The Bertz CT molecular complexity index is 551. The van der Waals surface area contributed by atoms with Crippen LogP contribution in [0.4, 0.5) is 17.3 Å². The smallest absolute Gasteiger partial charge is 0.135 e. The number of para-hydroxylation sites is 1. The fraction of sp³-hybridized carbons (Fsp3) is 0.267. The quantitative estimate of drug-likeness (QED) is 0.891. The number of hydrogen-bond acceptors (Lipinski definition) is 3. The Hall–Kier alpha value is -2.03. The second-order valence-electron chi connectivity index (χ2n) is 4.44. The third-order valence-electron chi connectivity index (χ3n) is 3.26. The lowest BCUT2D eigenvalue weighted by molar-refractivity contribution is 0.972. The van der Waals surface area contributed by atoms with Gasteiger partial charge in [0.15, 0.2) is 0 Å². The molecule has 0 unspecified atom stereocenters. The summed E-state index contributed by atoms with van der Waals surface area (Å²) in [5.41, 5.74) is 2.70. The van der Waals surface area contributed by atoms with E-state index in [9.17, 15) is 0 Å². The molecule has 0 radical (unpaired) electrons. The number of pyridine rings is 1. The van der Waals surface area contributed by atoms with Crippen molar-refractivity contribution in [3.05, 3.63) is 48.0 Å². The van der Waals surface area contributed by atoms with Gasteiger partial charge in [0.1, 0.15) is 11.6 Å². The zero-order valence-electron chi connectivity index (χ0n) is 10.6. The van der Waals surface area contributed by atoms with Crippen LogP contribution in [0.15, 0.2) is 42.5 Å². The Morgan fingerprint density at radius 1 is 1.17 bits per heavy atom. The van der Waals surface area contributed by atoms with E-state index in [0.29, 0.717) is 0 Å². The van der Waals surface area contributed by atoms with Crippen molar-refractivity contribution in [1.82, 2.24) is 4.98 Å². The minimum absolute atomic E-state index is 0.896. The minimum atomic E-state index is 0.896. The molecule has 92 valence electrons. The molecule has 1 aromatic carbocycles. The summed E-state index contributed by atoms with van der Waals surface area (Å²) in [6, 6.07) is 14.7. The maximum atomic E-state index is 4.66. The van der Waals surface area contributed by atoms with Crippen LogP contribution in [-0.2, 0) is 6.42 Å². The highest BCUT2D eigenvalue weighted by Gasteiger charge is 2.20. The van der Waals surface area contributed by atoms with E-state index >= 15 is 0 Å². The molecule has 1 aromatic heterocycles. The number of hydrogen-bond donors (Lipinski definition) is 1. The normalized spacial score (nSPS) is 13.5. The molecule has 1 aliphatic rings. The van der Waals surface area contributed by atoms with Gasteiger partial charge < -0.3 is 10.2 Å². The van der Waals surface area contributed by atoms with Gasteiger partial charge in [-0.1, -0.05) is 24.3 Å². The minimum Gasteiger partial charge on any atom is -0.370 e. The van der Waals surface area contributed by atoms with Gasteiger partial charge in [0.05, 0.1) is 0 Å². The molecule has 0 saturated heterocycles. The number of benzene rings is 1. The van der Waals surface area contributed by atoms with E-state index in [4.69, 9.17) is 0 Å². The molecule has 0 spiro atoms. The Kier molecular flexibility index (Phi) is 2.89. The largest absolute Gasteiger partial charge is 0.370 e. The van der Waals surface area contributed by atoms with Gasteiger partial charge in [-0.25, -0.2) is 4.98 Å². The summed E-state index contributed by atoms with van der Waals surface area (Å²) >= 11 is 0. The first-order chi connectivity index (χ1) is 8.88. The fourth-order valence-corrected chi connectivity index (χ4v) is 2.43. The van der Waals surface area contributed by atoms with Crippen LogP contribution in [0.3, 0.4) is 0 Å². The monoisotopic (exact) mass is 239 g/mol. The van der Waals surface area contributed by atoms with E-state index in [-0.39, 0.29) is 0 Å². The molecule has 2 aromatic rings. The summed E-state index contributed by atoms with van der Waals surface area (Å²) in [5, 5.41) is 3.26. The van der Waals surface area contributed by atoms with Gasteiger partial charge in [0, 0.05) is 18.8 Å². The van der Waals surface area contributed by atoms with Crippen LogP contribution in [0.1, 0.15) is 12.5 Å². The molecule has 3 rings (SSSR count). The van der Waals surface area contributed by atoms with Crippen molar-refractivity contribution >= 4 is 17.3 Å². The van der Waals surface area contributed by atoms with Crippen molar-refractivity contribution in [2.75, 3.05) is 23.3 Å². The molecule has 2 heterocycles. The van der Waals surface area contributed by atoms with Crippen LogP contribution in [0.5, 0.6) is 0 Å². The average Bonchev–Trinajstić information content (AvgIpc) is 2.83. The Balaban J connectivity index is 1.94. The number of nitrogens with one attached hydrogen (secondary N) is 1. The van der Waals surface area contributed by atoms with E-state index < -0.39 is 0 Å². The number of fused-ring (bicyclic) bond motifs is 1. The summed E-state index contributed by atoms with van der Waals surface area (Å²) in [4.78, 5) is 6.95. The summed E-state index contributed by atoms with van der Waals surface area (Å²) < 4.78 is 0. The Labute approximate surface area is 107 Å². The highest BCUT2D eigenvalue weighted by molar-refractivity contribution is 5.68. The van der Waals surface area contributed by atoms with Gasteiger partial charge in [-0.3, -0.25) is 0 Å². The van der Waals surface area contributed by atoms with Gasteiger partial charge in [-0.05, 0) is 37.1 Å². The van der Waals surface area contributed by atoms with Crippen LogP contribution in [0, 0.1) is 0 Å². The second kappa shape index (κ2) is 4.69. The number of anilines is 3. The lowest BCUT2D eigenvalue weighted by Crippen LogP contribution is -2.15. The van der Waals surface area contributed by atoms with Gasteiger partial charge in [0.2, 0.25) is 0 Å². The van der Waals surface area contributed by atoms with Crippen molar-refractivity contribution in [3.8, 4) is 0 Å². The maximum Gasteiger partial charge on any atom is 0.135 e. The molecule has 3 heteroatoms. The van der Waals surface area contributed by atoms with Crippen LogP contribution >= 0.6 is 0 Å². The number of rotatable bonds is 3. The van der Waals surface area contributed by atoms with Crippen LogP contribution < -0.4 is 10.2 Å². The Morgan fingerprint density at radius 2 is 2.06 bits per heavy atom. The van der Waals surface area contributed by atoms with Gasteiger partial charge in [-0.2, -0.15) is 0 Å². The highest BCUT2D eigenvalue weighted by atomic mass is 15.2. The first-order valence-corrected chi connectivity index (χ1v) is 6.45. The summed E-state index contributed by atoms with van der Waals surface area (Å²) in [7, 11) is 0. The van der Waals surface area contributed by atoms with Crippen molar-refractivity contribution in [1.29, 1.82) is 0 Å². The second-order valence-corrected chi connectivity index (χ2v) is 4.44. The van der Waals surface area contributed by atoms with E-state index in [1.165, 1.54) is 11.3 Å². The number of nitrogens with zero attached hydrogens (tertiary/aromatic N) is 2. The predicted octanol–water partition coefficient (Wildman–Crippen LogP) is 3.21. The van der Waals surface area contributed by atoms with Crippen molar-refractivity contribution in [2.24, 2.45) is 0 Å². The van der Waals surface area contributed by atoms with E-state index in [1.807, 2.05) is 6.07 Å². The van der Waals surface area contributed by atoms with Crippen molar-refractivity contribution in [3.63, 3.8) is 0 Å². The molecule has 0 atom stereocenters. The molecule has 0 saturated carbocycles. The lowest BCUT2D eigenvalue weighted by Gasteiger charge is -2.19. The maximum absolute atomic E-state index is 4.66. The molecular formula is C15H17N3. The first-order valence-electron chi connectivity index (χ1n) is 6.45. The van der Waals surface area contributed by atoms with Gasteiger partial charge in [-0.15, -0.1) is 0 Å². The van der Waals surface area contributed by atoms with Gasteiger partial charge >= 0.3 is 0 Å². The van der Waals surface area contributed by atoms with Crippen molar-refractivity contribution in [2.45, 2.75) is 13.3 Å². The lowest BCUT2D eigenvalue weighted by atomic mass is 10.2. The van der Waals surface area contributed by atoms with E-state index in [0.717, 1.165) is 31.1 Å². The third-order valence-corrected chi connectivity index (χ3v) is 3.26. The molecule has 3 nitrogen and oxygen atoms in total. The summed E-state index contributed by atoms with van der Waals surface area (Å²) in [6.07, 6.45) is 1.10. The molecule has 0 aliphatic carbocycles. The van der Waals surface area contributed by atoms with E-state index in [1.54, 1.807) is 0 Å².